The largest absolute Gasteiger partial charge is 0.489 e. The molecule has 42 heavy (non-hydrogen) atoms. The van der Waals surface area contributed by atoms with Crippen LogP contribution in [-0.2, 0) is 22.0 Å². The van der Waals surface area contributed by atoms with Gasteiger partial charge in [-0.15, -0.1) is 0 Å². The number of rotatable bonds is 10. The number of hydrogen-bond donors (Lipinski definition) is 0. The van der Waals surface area contributed by atoms with Crippen LogP contribution in [0.15, 0.2) is 90.5 Å². The number of piperidine rings is 1. The highest BCUT2D eigenvalue weighted by molar-refractivity contribution is 5.88. The van der Waals surface area contributed by atoms with Crippen LogP contribution in [0.4, 0.5) is 14.5 Å². The van der Waals surface area contributed by atoms with Gasteiger partial charge in [0.25, 0.3) is 5.92 Å². The second-order valence-corrected chi connectivity index (χ2v) is 11.7. The van der Waals surface area contributed by atoms with Crippen molar-refractivity contribution in [3.05, 3.63) is 113 Å². The first-order chi connectivity index (χ1) is 20.4. The predicted octanol–water partition coefficient (Wildman–Crippen LogP) is 8.36. The molecule has 6 heteroatoms. The molecular weight excluding hydrogens is 532 g/mol. The molecule has 1 heterocycles. The number of anilines is 1. The Bertz CT molecular complexity index is 1430. The third-order valence-corrected chi connectivity index (χ3v) is 8.97. The average molecular weight is 572 g/mol. The average Bonchev–Trinajstić information content (AvgIpc) is 3.87. The molecule has 6 rings (SSSR count). The van der Waals surface area contributed by atoms with Crippen LogP contribution in [0.3, 0.4) is 0 Å². The SMILES string of the molecule is C=C(C1=C(c2ccc(N3CCC(C(OC)OC)CC3)cc2)c2ccc(OCc3ccccc3)cc2C(F)(F)C1)C1CC1. The normalized spacial score (nSPS) is 18.7. The quantitative estimate of drug-likeness (QED) is 0.229. The summed E-state index contributed by atoms with van der Waals surface area (Å²) in [4.78, 5) is 2.38. The third kappa shape index (κ3) is 5.88. The van der Waals surface area contributed by atoms with Crippen LogP contribution in [0.25, 0.3) is 5.57 Å². The first-order valence-electron chi connectivity index (χ1n) is 14.9. The standard InChI is InChI=1S/C36H39F2NO3/c1-24(26-9-10-26)32-22-36(37,38)33-21-30(42-23-25-7-5-4-6-8-25)15-16-31(33)34(32)27-11-13-29(14-12-27)39-19-17-28(18-20-39)35(40-2)41-3/h4-8,11-16,21,26,28,35H,1,9-10,17-20,22-23H2,2-3H3. The van der Waals surface area contributed by atoms with E-state index < -0.39 is 5.92 Å². The number of benzene rings is 3. The van der Waals surface area contributed by atoms with E-state index in [2.05, 4.69) is 35.7 Å². The highest BCUT2D eigenvalue weighted by Gasteiger charge is 2.43. The molecular formula is C36H39F2NO3. The second kappa shape index (κ2) is 12.0. The monoisotopic (exact) mass is 571 g/mol. The summed E-state index contributed by atoms with van der Waals surface area (Å²) in [5.74, 6) is -1.89. The topological polar surface area (TPSA) is 30.9 Å². The van der Waals surface area contributed by atoms with Crippen molar-refractivity contribution in [2.24, 2.45) is 11.8 Å². The van der Waals surface area contributed by atoms with E-state index in [4.69, 9.17) is 14.2 Å². The van der Waals surface area contributed by atoms with Gasteiger partial charge < -0.3 is 19.1 Å². The summed E-state index contributed by atoms with van der Waals surface area (Å²) in [6.07, 6.45) is 3.49. The lowest BCUT2D eigenvalue weighted by Gasteiger charge is -2.36. The van der Waals surface area contributed by atoms with Crippen molar-refractivity contribution in [1.82, 2.24) is 0 Å². The molecule has 0 aromatic heterocycles. The lowest BCUT2D eigenvalue weighted by Crippen LogP contribution is -2.39. The van der Waals surface area contributed by atoms with Crippen molar-refractivity contribution in [2.75, 3.05) is 32.2 Å². The molecule has 2 fully saturated rings. The summed E-state index contributed by atoms with van der Waals surface area (Å²) >= 11 is 0. The van der Waals surface area contributed by atoms with Gasteiger partial charge in [0.05, 0.1) is 0 Å². The summed E-state index contributed by atoms with van der Waals surface area (Å²) in [6, 6.07) is 23.3. The van der Waals surface area contributed by atoms with Crippen molar-refractivity contribution >= 4 is 11.3 Å². The van der Waals surface area contributed by atoms with Crippen LogP contribution < -0.4 is 9.64 Å². The number of methoxy groups -OCH3 is 2. The summed E-state index contributed by atoms with van der Waals surface area (Å²) in [7, 11) is 3.38. The maximum atomic E-state index is 15.8. The molecule has 2 aliphatic carbocycles. The van der Waals surface area contributed by atoms with Gasteiger partial charge in [0.1, 0.15) is 12.4 Å². The number of halogens is 2. The van der Waals surface area contributed by atoms with Gasteiger partial charge in [-0.2, -0.15) is 0 Å². The fourth-order valence-corrected chi connectivity index (χ4v) is 6.47. The number of fused-ring (bicyclic) bond motifs is 1. The van der Waals surface area contributed by atoms with Crippen molar-refractivity contribution in [3.8, 4) is 5.75 Å². The Morgan fingerprint density at radius 2 is 1.62 bits per heavy atom. The van der Waals surface area contributed by atoms with Crippen molar-refractivity contribution < 1.29 is 23.0 Å². The molecule has 0 spiro atoms. The summed E-state index contributed by atoms with van der Waals surface area (Å²) < 4.78 is 48.5. The highest BCUT2D eigenvalue weighted by atomic mass is 19.3. The van der Waals surface area contributed by atoms with Crippen molar-refractivity contribution in [1.29, 1.82) is 0 Å². The maximum absolute atomic E-state index is 15.8. The van der Waals surface area contributed by atoms with Crippen LogP contribution >= 0.6 is 0 Å². The lowest BCUT2D eigenvalue weighted by molar-refractivity contribution is -0.141. The van der Waals surface area contributed by atoms with E-state index >= 15 is 8.78 Å². The van der Waals surface area contributed by atoms with Gasteiger partial charge in [-0.05, 0) is 89.3 Å². The molecule has 0 atom stereocenters. The molecule has 0 N–H and O–H groups in total. The molecule has 0 radical (unpaired) electrons. The van der Waals surface area contributed by atoms with Crippen LogP contribution in [0, 0.1) is 11.8 Å². The molecule has 3 aromatic rings. The molecule has 3 aromatic carbocycles. The number of hydrogen-bond acceptors (Lipinski definition) is 4. The van der Waals surface area contributed by atoms with Gasteiger partial charge in [0, 0.05) is 50.9 Å². The van der Waals surface area contributed by atoms with Gasteiger partial charge in [-0.3, -0.25) is 0 Å². The minimum Gasteiger partial charge on any atom is -0.489 e. The van der Waals surface area contributed by atoms with E-state index in [0.717, 1.165) is 66.7 Å². The summed E-state index contributed by atoms with van der Waals surface area (Å²) in [5, 5.41) is 0. The van der Waals surface area contributed by atoms with Gasteiger partial charge in [-0.25, -0.2) is 8.78 Å². The third-order valence-electron chi connectivity index (χ3n) is 8.97. The van der Waals surface area contributed by atoms with E-state index in [1.807, 2.05) is 36.4 Å². The second-order valence-electron chi connectivity index (χ2n) is 11.7. The molecule has 1 saturated heterocycles. The van der Waals surface area contributed by atoms with E-state index in [1.54, 1.807) is 20.3 Å². The number of ether oxygens (including phenoxy) is 3. The Morgan fingerprint density at radius 1 is 0.929 bits per heavy atom. The Labute approximate surface area is 247 Å². The van der Waals surface area contributed by atoms with Gasteiger partial charge in [0.2, 0.25) is 0 Å². The molecule has 4 nitrogen and oxygen atoms in total. The fourth-order valence-electron chi connectivity index (χ4n) is 6.47. The number of nitrogens with zero attached hydrogens (tertiary/aromatic N) is 1. The van der Waals surface area contributed by atoms with E-state index in [0.29, 0.717) is 35.3 Å². The summed E-state index contributed by atoms with van der Waals surface area (Å²) in [5.41, 5.74) is 6.07. The Morgan fingerprint density at radius 3 is 2.26 bits per heavy atom. The van der Waals surface area contributed by atoms with E-state index in [9.17, 15) is 0 Å². The molecule has 220 valence electrons. The van der Waals surface area contributed by atoms with Gasteiger partial charge in [0.15, 0.2) is 6.29 Å². The zero-order valence-corrected chi connectivity index (χ0v) is 24.5. The van der Waals surface area contributed by atoms with E-state index in [-0.39, 0.29) is 18.3 Å². The van der Waals surface area contributed by atoms with Crippen LogP contribution in [0.5, 0.6) is 5.75 Å². The van der Waals surface area contributed by atoms with Crippen LogP contribution in [-0.4, -0.2) is 33.6 Å². The molecule has 1 saturated carbocycles. The first-order valence-corrected chi connectivity index (χ1v) is 14.9. The van der Waals surface area contributed by atoms with Gasteiger partial charge in [-0.1, -0.05) is 55.1 Å². The van der Waals surface area contributed by atoms with Crippen molar-refractivity contribution in [2.45, 2.75) is 50.9 Å². The van der Waals surface area contributed by atoms with E-state index in [1.165, 1.54) is 6.07 Å². The maximum Gasteiger partial charge on any atom is 0.277 e. The molecule has 1 aliphatic heterocycles. The Balaban J connectivity index is 1.29. The van der Waals surface area contributed by atoms with Crippen LogP contribution in [0.1, 0.15) is 54.4 Å². The van der Waals surface area contributed by atoms with Crippen LogP contribution in [0.2, 0.25) is 0 Å². The lowest BCUT2D eigenvalue weighted by atomic mass is 9.77. The Kier molecular flexibility index (Phi) is 8.19. The molecule has 0 bridgehead atoms. The zero-order chi connectivity index (χ0) is 29.3. The molecule has 0 unspecified atom stereocenters. The molecule has 0 amide bonds. The van der Waals surface area contributed by atoms with Crippen molar-refractivity contribution in [3.63, 3.8) is 0 Å². The fraction of sp³-hybridized carbons (Fsp3) is 0.389. The minimum absolute atomic E-state index is 0.0207. The smallest absolute Gasteiger partial charge is 0.277 e. The first kappa shape index (κ1) is 28.6. The summed E-state index contributed by atoms with van der Waals surface area (Å²) in [6.45, 7) is 6.48. The number of allylic oxidation sites excluding steroid dienone is 2. The zero-order valence-electron chi connectivity index (χ0n) is 24.5. The minimum atomic E-state index is -3.01. The number of alkyl halides is 2. The molecule has 3 aliphatic rings. The predicted molar refractivity (Wildman–Crippen MR) is 163 cm³/mol. The van der Waals surface area contributed by atoms with Gasteiger partial charge >= 0.3 is 0 Å². The Hall–Kier alpha value is -3.48. The highest BCUT2D eigenvalue weighted by Crippen LogP contribution is 2.53.